The molecule has 1 aromatic carbocycles. The average molecular weight is 430 g/mol. The highest BCUT2D eigenvalue weighted by atomic mass is 19.1. The van der Waals surface area contributed by atoms with E-state index in [1.165, 1.54) is 0 Å². The number of hydrogen-bond donors (Lipinski definition) is 2. The van der Waals surface area contributed by atoms with Gasteiger partial charge in [0, 0.05) is 41.7 Å². The molecule has 1 amide bonds. The van der Waals surface area contributed by atoms with E-state index in [1.807, 2.05) is 24.3 Å². The zero-order valence-corrected chi connectivity index (χ0v) is 17.7. The number of rotatable bonds is 4. The van der Waals surface area contributed by atoms with Gasteiger partial charge in [-0.25, -0.2) is 14.4 Å². The summed E-state index contributed by atoms with van der Waals surface area (Å²) in [4.78, 5) is 21.0. The molecule has 5 rings (SSSR count). The molecule has 1 atom stereocenters. The van der Waals surface area contributed by atoms with Gasteiger partial charge in [-0.05, 0) is 55.5 Å². The second kappa shape index (κ2) is 8.46. The molecule has 1 aliphatic heterocycles. The highest BCUT2D eigenvalue weighted by molar-refractivity contribution is 5.99. The second-order valence-corrected chi connectivity index (χ2v) is 8.15. The Morgan fingerprint density at radius 3 is 2.81 bits per heavy atom. The lowest BCUT2D eigenvalue weighted by atomic mass is 10.00. The van der Waals surface area contributed by atoms with Gasteiger partial charge in [0.1, 0.15) is 30.2 Å². The van der Waals surface area contributed by atoms with Crippen LogP contribution in [0.25, 0.3) is 10.8 Å². The molecule has 162 valence electrons. The molecule has 2 aromatic heterocycles. The summed E-state index contributed by atoms with van der Waals surface area (Å²) in [6.07, 6.45) is 6.39. The lowest BCUT2D eigenvalue weighted by Gasteiger charge is -2.24. The molecule has 32 heavy (non-hydrogen) atoms. The Labute approximate surface area is 185 Å². The Hall–Kier alpha value is -3.66. The molecular formula is C25H23FN4O2. The molecular weight excluding hydrogens is 407 g/mol. The van der Waals surface area contributed by atoms with E-state index in [4.69, 9.17) is 4.74 Å². The Morgan fingerprint density at radius 2 is 2.03 bits per heavy atom. The Bertz CT molecular complexity index is 1260. The number of benzene rings is 1. The molecule has 7 heteroatoms. The Kier molecular flexibility index (Phi) is 5.36. The van der Waals surface area contributed by atoms with Crippen LogP contribution in [0, 0.1) is 17.8 Å². The summed E-state index contributed by atoms with van der Waals surface area (Å²) in [7, 11) is 1.80. The molecule has 0 bridgehead atoms. The average Bonchev–Trinajstić information content (AvgIpc) is 3.67. The minimum absolute atomic E-state index is 0.0126. The van der Waals surface area contributed by atoms with Gasteiger partial charge >= 0.3 is 0 Å². The molecule has 1 aliphatic carbocycles. The fraction of sp³-hybridized carbons (Fsp3) is 0.320. The monoisotopic (exact) mass is 430 g/mol. The van der Waals surface area contributed by atoms with Crippen LogP contribution in [0.3, 0.4) is 0 Å². The predicted molar refractivity (Wildman–Crippen MR) is 122 cm³/mol. The van der Waals surface area contributed by atoms with Crippen LogP contribution in [0.4, 0.5) is 16.0 Å². The molecule has 2 N–H and O–H groups in total. The summed E-state index contributed by atoms with van der Waals surface area (Å²) >= 11 is 0. The quantitative estimate of drug-likeness (QED) is 0.610. The van der Waals surface area contributed by atoms with Crippen molar-refractivity contribution in [3.05, 3.63) is 53.3 Å². The zero-order valence-electron chi connectivity index (χ0n) is 17.7. The van der Waals surface area contributed by atoms with E-state index < -0.39 is 6.67 Å². The number of alkyl halides is 1. The summed E-state index contributed by atoms with van der Waals surface area (Å²) in [6, 6.07) is 7.58. The number of carbonyl (C=O) groups excluding carboxylic acids is 1. The van der Waals surface area contributed by atoms with Crippen molar-refractivity contribution in [1.82, 2.24) is 9.97 Å². The first-order chi connectivity index (χ1) is 15.6. The van der Waals surface area contributed by atoms with Crippen molar-refractivity contribution >= 4 is 28.3 Å². The summed E-state index contributed by atoms with van der Waals surface area (Å²) in [5.74, 6) is 8.48. The van der Waals surface area contributed by atoms with E-state index in [0.717, 1.165) is 52.5 Å². The largest absolute Gasteiger partial charge is 0.487 e. The van der Waals surface area contributed by atoms with Crippen LogP contribution in [0.15, 0.2) is 36.7 Å². The summed E-state index contributed by atoms with van der Waals surface area (Å²) in [6.45, 7) is -0.471. The van der Waals surface area contributed by atoms with Gasteiger partial charge in [-0.1, -0.05) is 11.8 Å². The number of fused-ring (bicyclic) bond motifs is 2. The number of aromatic nitrogens is 2. The van der Waals surface area contributed by atoms with Crippen LogP contribution in [-0.4, -0.2) is 35.7 Å². The molecule has 0 radical (unpaired) electrons. The van der Waals surface area contributed by atoms with Gasteiger partial charge in [-0.2, -0.15) is 0 Å². The van der Waals surface area contributed by atoms with Crippen molar-refractivity contribution in [3.8, 4) is 17.6 Å². The molecule has 3 aromatic rings. The number of nitrogens with zero attached hydrogens (tertiary/aromatic N) is 2. The highest BCUT2D eigenvalue weighted by Crippen LogP contribution is 2.31. The standard InChI is InChI=1S/C25H23FN4O2/c1-27-24-21-14-28-23(30-25(31)16-5-6-16)11-20(21)18(13-29-24)4-2-15-3-9-22-17(10-15)7-8-19(12-26)32-22/h3,9-11,13-14,16,19H,5-8,12H2,1H3,(H,27,29)(H,28,30,31). The van der Waals surface area contributed by atoms with E-state index in [1.54, 1.807) is 19.4 Å². The lowest BCUT2D eigenvalue weighted by Crippen LogP contribution is -2.24. The van der Waals surface area contributed by atoms with Crippen molar-refractivity contribution in [2.45, 2.75) is 31.8 Å². The normalized spacial score (nSPS) is 17.0. The molecule has 0 spiro atoms. The van der Waals surface area contributed by atoms with E-state index in [9.17, 15) is 9.18 Å². The highest BCUT2D eigenvalue weighted by Gasteiger charge is 2.29. The molecule has 1 unspecified atom stereocenters. The second-order valence-electron chi connectivity index (χ2n) is 8.15. The van der Waals surface area contributed by atoms with Crippen LogP contribution in [0.5, 0.6) is 5.75 Å². The van der Waals surface area contributed by atoms with Crippen LogP contribution in [0.2, 0.25) is 0 Å². The SMILES string of the molecule is CNc1ncc(C#Cc2ccc3c(c2)CCC(CF)O3)c2cc(NC(=O)C3CC3)ncc12. The van der Waals surface area contributed by atoms with E-state index in [-0.39, 0.29) is 17.9 Å². The molecule has 1 fully saturated rings. The lowest BCUT2D eigenvalue weighted by molar-refractivity contribution is -0.117. The number of ether oxygens (including phenoxy) is 1. The number of nitrogens with one attached hydrogen (secondary N) is 2. The van der Waals surface area contributed by atoms with Crippen molar-refractivity contribution in [3.63, 3.8) is 0 Å². The maximum Gasteiger partial charge on any atom is 0.228 e. The van der Waals surface area contributed by atoms with E-state index in [0.29, 0.717) is 18.1 Å². The Balaban J connectivity index is 1.47. The maximum absolute atomic E-state index is 12.9. The van der Waals surface area contributed by atoms with Crippen molar-refractivity contribution in [2.24, 2.45) is 5.92 Å². The minimum atomic E-state index is -0.471. The summed E-state index contributed by atoms with van der Waals surface area (Å²) in [5.41, 5.74) is 2.65. The molecule has 6 nitrogen and oxygen atoms in total. The van der Waals surface area contributed by atoms with Crippen LogP contribution in [0.1, 0.15) is 36.0 Å². The van der Waals surface area contributed by atoms with Gasteiger partial charge in [0.05, 0.1) is 5.56 Å². The number of hydrogen-bond acceptors (Lipinski definition) is 5. The predicted octanol–water partition coefficient (Wildman–Crippen LogP) is 4.08. The van der Waals surface area contributed by atoms with Crippen molar-refractivity contribution < 1.29 is 13.9 Å². The van der Waals surface area contributed by atoms with Crippen LogP contribution in [-0.2, 0) is 11.2 Å². The van der Waals surface area contributed by atoms with Gasteiger partial charge < -0.3 is 15.4 Å². The number of halogens is 1. The maximum atomic E-state index is 12.9. The first-order valence-corrected chi connectivity index (χ1v) is 10.8. The smallest absolute Gasteiger partial charge is 0.228 e. The molecule has 0 saturated heterocycles. The van der Waals surface area contributed by atoms with Crippen molar-refractivity contribution in [1.29, 1.82) is 0 Å². The van der Waals surface area contributed by atoms with Gasteiger partial charge in [-0.3, -0.25) is 4.79 Å². The number of pyridine rings is 2. The van der Waals surface area contributed by atoms with E-state index >= 15 is 0 Å². The van der Waals surface area contributed by atoms with Crippen LogP contribution >= 0.6 is 0 Å². The topological polar surface area (TPSA) is 76.1 Å². The number of anilines is 2. The number of amides is 1. The summed E-state index contributed by atoms with van der Waals surface area (Å²) in [5, 5.41) is 7.67. The fourth-order valence-electron chi connectivity index (χ4n) is 3.85. The van der Waals surface area contributed by atoms with Crippen LogP contribution < -0.4 is 15.4 Å². The third kappa shape index (κ3) is 4.09. The molecule has 3 heterocycles. The number of carbonyl (C=O) groups is 1. The Morgan fingerprint density at radius 1 is 1.16 bits per heavy atom. The third-order valence-corrected chi connectivity index (χ3v) is 5.81. The minimum Gasteiger partial charge on any atom is -0.487 e. The first kappa shape index (κ1) is 20.3. The number of aryl methyl sites for hydroxylation is 1. The third-order valence-electron chi connectivity index (χ3n) is 5.81. The molecule has 1 saturated carbocycles. The fourth-order valence-corrected chi connectivity index (χ4v) is 3.85. The molecule has 2 aliphatic rings. The van der Waals surface area contributed by atoms with E-state index in [2.05, 4.69) is 32.4 Å². The van der Waals surface area contributed by atoms with Gasteiger partial charge in [0.2, 0.25) is 5.91 Å². The van der Waals surface area contributed by atoms with Gasteiger partial charge in [0.15, 0.2) is 0 Å². The summed E-state index contributed by atoms with van der Waals surface area (Å²) < 4.78 is 18.6. The zero-order chi connectivity index (χ0) is 22.1. The van der Waals surface area contributed by atoms with Gasteiger partial charge in [-0.15, -0.1) is 0 Å². The first-order valence-electron chi connectivity index (χ1n) is 10.8. The van der Waals surface area contributed by atoms with Gasteiger partial charge in [0.25, 0.3) is 0 Å². The van der Waals surface area contributed by atoms with Crippen molar-refractivity contribution in [2.75, 3.05) is 24.4 Å².